The van der Waals surface area contributed by atoms with Gasteiger partial charge in [-0.2, -0.15) is 18.3 Å². The predicted octanol–water partition coefficient (Wildman–Crippen LogP) is 3.87. The van der Waals surface area contributed by atoms with E-state index in [0.717, 1.165) is 6.07 Å². The van der Waals surface area contributed by atoms with Crippen LogP contribution in [0.1, 0.15) is 11.1 Å². The zero-order valence-corrected chi connectivity index (χ0v) is 16.3. The number of rotatable bonds is 7. The van der Waals surface area contributed by atoms with E-state index in [1.807, 2.05) is 0 Å². The summed E-state index contributed by atoms with van der Waals surface area (Å²) in [6, 6.07) is 5.32. The predicted molar refractivity (Wildman–Crippen MR) is 98.7 cm³/mol. The number of hydrogen-bond acceptors (Lipinski definition) is 7. The third kappa shape index (κ3) is 5.84. The van der Waals surface area contributed by atoms with Gasteiger partial charge in [0.15, 0.2) is 18.1 Å². The smallest absolute Gasteiger partial charge is 0.417 e. The Balaban J connectivity index is 2.09. The molecule has 0 atom stereocenters. The van der Waals surface area contributed by atoms with Gasteiger partial charge in [-0.25, -0.2) is 9.78 Å². The van der Waals surface area contributed by atoms with E-state index in [0.29, 0.717) is 27.7 Å². The number of methoxy groups -OCH3 is 2. The molecule has 1 N–H and O–H groups in total. The van der Waals surface area contributed by atoms with Gasteiger partial charge in [-0.1, -0.05) is 0 Å². The zero-order valence-electron chi connectivity index (χ0n) is 14.7. The summed E-state index contributed by atoms with van der Waals surface area (Å²) < 4.78 is 53.2. The van der Waals surface area contributed by atoms with Crippen LogP contribution in [-0.2, 0) is 15.7 Å². The number of hydrogen-bond donors (Lipinski definition) is 1. The van der Waals surface area contributed by atoms with Crippen molar-refractivity contribution >= 4 is 33.9 Å². The first-order valence-electron chi connectivity index (χ1n) is 7.64. The molecule has 0 fully saturated rings. The summed E-state index contributed by atoms with van der Waals surface area (Å²) >= 11 is 3.32. The molecule has 1 aromatic heterocycles. The van der Waals surface area contributed by atoms with E-state index < -0.39 is 17.7 Å². The van der Waals surface area contributed by atoms with Crippen LogP contribution in [0.4, 0.5) is 19.0 Å². The van der Waals surface area contributed by atoms with Crippen LogP contribution < -0.4 is 14.9 Å². The Kier molecular flexibility index (Phi) is 7.21. The number of halogens is 4. The van der Waals surface area contributed by atoms with E-state index in [9.17, 15) is 18.0 Å². The van der Waals surface area contributed by atoms with E-state index >= 15 is 0 Å². The number of nitrogens with one attached hydrogen (secondary N) is 1. The van der Waals surface area contributed by atoms with Gasteiger partial charge >= 0.3 is 12.1 Å². The number of carbonyl (C=O) groups excluding carboxylic acids is 1. The average molecular weight is 462 g/mol. The Morgan fingerprint density at radius 1 is 1.32 bits per heavy atom. The topological polar surface area (TPSA) is 82.0 Å². The van der Waals surface area contributed by atoms with Crippen LogP contribution in [0, 0.1) is 0 Å². The van der Waals surface area contributed by atoms with Crippen LogP contribution >= 0.6 is 15.9 Å². The van der Waals surface area contributed by atoms with Crippen molar-refractivity contribution in [2.45, 2.75) is 6.18 Å². The maximum absolute atomic E-state index is 12.5. The SMILES string of the molecule is COC(=O)COc1c(Br)cc(/C=N\Nc2ccc(C(F)(F)F)cn2)cc1OC. The second kappa shape index (κ2) is 9.40. The van der Waals surface area contributed by atoms with Gasteiger partial charge in [0.05, 0.1) is 30.5 Å². The van der Waals surface area contributed by atoms with Gasteiger partial charge < -0.3 is 14.2 Å². The van der Waals surface area contributed by atoms with Crippen molar-refractivity contribution in [3.8, 4) is 11.5 Å². The lowest BCUT2D eigenvalue weighted by atomic mass is 10.2. The molecule has 0 amide bonds. The average Bonchev–Trinajstić information content (AvgIpc) is 2.66. The van der Waals surface area contributed by atoms with Crippen LogP contribution in [0.25, 0.3) is 0 Å². The van der Waals surface area contributed by atoms with Crippen LogP contribution in [0.5, 0.6) is 11.5 Å². The summed E-state index contributed by atoms with van der Waals surface area (Å²) in [6.07, 6.45) is -2.32. The highest BCUT2D eigenvalue weighted by Crippen LogP contribution is 2.36. The number of esters is 1. The number of anilines is 1. The number of carbonyl (C=O) groups is 1. The number of aromatic nitrogens is 1. The van der Waals surface area contributed by atoms with Crippen molar-refractivity contribution in [1.29, 1.82) is 0 Å². The van der Waals surface area contributed by atoms with Crippen LogP contribution in [0.15, 0.2) is 40.0 Å². The van der Waals surface area contributed by atoms with Gasteiger partial charge in [0.2, 0.25) is 0 Å². The number of nitrogens with zero attached hydrogens (tertiary/aromatic N) is 2. The number of hydrazone groups is 1. The monoisotopic (exact) mass is 461 g/mol. The van der Waals surface area contributed by atoms with E-state index in [2.05, 4.69) is 36.2 Å². The maximum Gasteiger partial charge on any atom is 0.417 e. The lowest BCUT2D eigenvalue weighted by molar-refractivity contribution is -0.143. The minimum Gasteiger partial charge on any atom is -0.493 e. The maximum atomic E-state index is 12.5. The number of ether oxygens (including phenoxy) is 3. The summed E-state index contributed by atoms with van der Waals surface area (Å²) in [4.78, 5) is 14.9. The molecule has 150 valence electrons. The number of benzene rings is 1. The first kappa shape index (κ1) is 21.5. The van der Waals surface area contributed by atoms with E-state index in [-0.39, 0.29) is 12.4 Å². The Morgan fingerprint density at radius 2 is 2.07 bits per heavy atom. The third-order valence-electron chi connectivity index (χ3n) is 3.30. The lowest BCUT2D eigenvalue weighted by Crippen LogP contribution is -2.13. The van der Waals surface area contributed by atoms with Crippen molar-refractivity contribution < 1.29 is 32.2 Å². The molecule has 0 spiro atoms. The first-order valence-corrected chi connectivity index (χ1v) is 8.43. The van der Waals surface area contributed by atoms with Crippen molar-refractivity contribution in [1.82, 2.24) is 4.98 Å². The molecule has 0 aliphatic carbocycles. The van der Waals surface area contributed by atoms with Gasteiger partial charge in [-0.3, -0.25) is 5.43 Å². The van der Waals surface area contributed by atoms with Gasteiger partial charge in [-0.15, -0.1) is 0 Å². The Labute approximate surface area is 166 Å². The van der Waals surface area contributed by atoms with Crippen LogP contribution in [0.3, 0.4) is 0 Å². The minimum atomic E-state index is -4.45. The summed E-state index contributed by atoms with van der Waals surface area (Å²) in [5.41, 5.74) is 2.28. The van der Waals surface area contributed by atoms with Gasteiger partial charge in [-0.05, 0) is 45.8 Å². The number of pyridine rings is 1. The fourth-order valence-corrected chi connectivity index (χ4v) is 2.52. The standard InChI is InChI=1S/C17H15BrF3N3O4/c1-26-13-6-10(5-12(18)16(13)28-9-15(25)27-2)7-23-24-14-4-3-11(8-22-14)17(19,20)21/h3-8H,9H2,1-2H3,(H,22,24)/b23-7-. The van der Waals surface area contributed by atoms with E-state index in [1.54, 1.807) is 12.1 Å². The molecule has 7 nitrogen and oxygen atoms in total. The molecule has 2 aromatic rings. The quantitative estimate of drug-likeness (QED) is 0.382. The molecule has 2 rings (SSSR count). The molecule has 0 saturated heterocycles. The van der Waals surface area contributed by atoms with Crippen LogP contribution in [-0.4, -0.2) is 38.0 Å². The molecule has 1 aromatic carbocycles. The second-order valence-electron chi connectivity index (χ2n) is 5.20. The van der Waals surface area contributed by atoms with E-state index in [1.165, 1.54) is 26.5 Å². The second-order valence-corrected chi connectivity index (χ2v) is 6.05. The van der Waals surface area contributed by atoms with Crippen molar-refractivity contribution in [2.75, 3.05) is 26.3 Å². The highest BCUT2D eigenvalue weighted by molar-refractivity contribution is 9.10. The molecule has 11 heteroatoms. The molecular weight excluding hydrogens is 447 g/mol. The Morgan fingerprint density at radius 3 is 2.64 bits per heavy atom. The molecule has 0 bridgehead atoms. The first-order chi connectivity index (χ1) is 13.2. The Hall–Kier alpha value is -2.82. The molecule has 0 aliphatic heterocycles. The normalized spacial score (nSPS) is 11.4. The summed E-state index contributed by atoms with van der Waals surface area (Å²) in [5, 5.41) is 3.93. The zero-order chi connectivity index (χ0) is 20.7. The number of alkyl halides is 3. The minimum absolute atomic E-state index is 0.147. The van der Waals surface area contributed by atoms with Gasteiger partial charge in [0.25, 0.3) is 0 Å². The van der Waals surface area contributed by atoms with Crippen LogP contribution in [0.2, 0.25) is 0 Å². The fraction of sp³-hybridized carbons (Fsp3) is 0.235. The highest BCUT2D eigenvalue weighted by Gasteiger charge is 2.30. The molecule has 28 heavy (non-hydrogen) atoms. The lowest BCUT2D eigenvalue weighted by Gasteiger charge is -2.12. The summed E-state index contributed by atoms with van der Waals surface area (Å²) in [7, 11) is 2.67. The van der Waals surface area contributed by atoms with Gasteiger partial charge in [0, 0.05) is 6.20 Å². The molecule has 0 unspecified atom stereocenters. The van der Waals surface area contributed by atoms with E-state index in [4.69, 9.17) is 9.47 Å². The fourth-order valence-electron chi connectivity index (χ4n) is 1.95. The van der Waals surface area contributed by atoms with Crippen molar-refractivity contribution in [3.63, 3.8) is 0 Å². The molecule has 0 radical (unpaired) electrons. The molecule has 1 heterocycles. The largest absolute Gasteiger partial charge is 0.493 e. The third-order valence-corrected chi connectivity index (χ3v) is 3.89. The highest BCUT2D eigenvalue weighted by atomic mass is 79.9. The molecular formula is C17H15BrF3N3O4. The van der Waals surface area contributed by atoms with Crippen molar-refractivity contribution in [3.05, 3.63) is 46.1 Å². The summed E-state index contributed by atoms with van der Waals surface area (Å²) in [6.45, 7) is -0.292. The molecule has 0 saturated carbocycles. The Bertz CT molecular complexity index is 858. The summed E-state index contributed by atoms with van der Waals surface area (Å²) in [5.74, 6) is 0.246. The van der Waals surface area contributed by atoms with Crippen molar-refractivity contribution in [2.24, 2.45) is 5.10 Å². The van der Waals surface area contributed by atoms with Gasteiger partial charge in [0.1, 0.15) is 5.82 Å². The molecule has 0 aliphatic rings.